The lowest BCUT2D eigenvalue weighted by Crippen LogP contribution is -1.61. The molecule has 0 unspecified atom stereocenters. The van der Waals surface area contributed by atoms with Gasteiger partial charge in [-0.15, -0.1) is 12.6 Å². The monoisotopic (exact) mass is 109 g/mol. The highest BCUT2D eigenvalue weighted by molar-refractivity contribution is 8.00. The quantitative estimate of drug-likeness (QED) is 0.272. The van der Waals surface area contributed by atoms with Crippen molar-refractivity contribution in [2.45, 2.75) is 0 Å². The molecule has 0 bridgehead atoms. The molecule has 0 aliphatic carbocycles. The zero-order valence-corrected chi connectivity index (χ0v) is 4.42. The van der Waals surface area contributed by atoms with Gasteiger partial charge in [0, 0.05) is 7.05 Å². The minimum absolute atomic E-state index is 0.296. The third-order valence-corrected chi connectivity index (χ3v) is 0.554. The van der Waals surface area contributed by atoms with E-state index in [1.54, 1.807) is 7.05 Å². The van der Waals surface area contributed by atoms with Crippen molar-refractivity contribution in [2.75, 3.05) is 7.05 Å². The van der Waals surface area contributed by atoms with Gasteiger partial charge >= 0.3 is 0 Å². The first kappa shape index (κ1) is 5.31. The second kappa shape index (κ2) is 2.54. The Hall–Kier alpha value is 0.310. The smallest absolute Gasteiger partial charge is 0.154 e. The van der Waals surface area contributed by atoms with Crippen molar-refractivity contribution in [1.29, 1.82) is 0 Å². The van der Waals surface area contributed by atoms with Gasteiger partial charge in [0.15, 0.2) is 4.50 Å². The van der Waals surface area contributed by atoms with Crippen molar-refractivity contribution in [2.24, 2.45) is 4.99 Å². The van der Waals surface area contributed by atoms with Crippen LogP contribution >= 0.6 is 24.2 Å². The molecular formula is C2H4ClNS. The highest BCUT2D eigenvalue weighted by Crippen LogP contribution is 1.85. The molecule has 0 heterocycles. The third kappa shape index (κ3) is 4.31. The summed E-state index contributed by atoms with van der Waals surface area (Å²) < 4.78 is 0.296. The Morgan fingerprint density at radius 3 is 2.20 bits per heavy atom. The molecule has 0 aromatic rings. The van der Waals surface area contributed by atoms with Gasteiger partial charge in [0.25, 0.3) is 0 Å². The van der Waals surface area contributed by atoms with Crippen LogP contribution in [0.2, 0.25) is 0 Å². The van der Waals surface area contributed by atoms with Gasteiger partial charge in [-0.3, -0.25) is 4.99 Å². The zero-order valence-electron chi connectivity index (χ0n) is 2.77. The van der Waals surface area contributed by atoms with Gasteiger partial charge in [-0.05, 0) is 0 Å². The normalized spacial score (nSPS) is 12.2. The fourth-order valence-corrected chi connectivity index (χ4v) is 0. The summed E-state index contributed by atoms with van der Waals surface area (Å²) in [5.74, 6) is 0. The zero-order chi connectivity index (χ0) is 4.28. The molecule has 0 spiro atoms. The Morgan fingerprint density at radius 1 is 2.00 bits per heavy atom. The molecule has 30 valence electrons. The maximum atomic E-state index is 5.08. The van der Waals surface area contributed by atoms with E-state index in [2.05, 4.69) is 17.6 Å². The maximum Gasteiger partial charge on any atom is 0.154 e. The molecule has 0 rings (SSSR count). The van der Waals surface area contributed by atoms with E-state index >= 15 is 0 Å². The molecule has 0 amide bonds. The summed E-state index contributed by atoms with van der Waals surface area (Å²) >= 11 is 8.69. The van der Waals surface area contributed by atoms with Crippen molar-refractivity contribution in [1.82, 2.24) is 0 Å². The Labute approximate surface area is 41.5 Å². The number of hydrogen-bond acceptors (Lipinski definition) is 1. The van der Waals surface area contributed by atoms with Crippen molar-refractivity contribution in [3.05, 3.63) is 0 Å². The van der Waals surface area contributed by atoms with Crippen molar-refractivity contribution in [3.63, 3.8) is 0 Å². The second-order valence-corrected chi connectivity index (χ2v) is 1.54. The van der Waals surface area contributed by atoms with E-state index in [1.807, 2.05) is 0 Å². The average molecular weight is 110 g/mol. The molecule has 0 aromatic heterocycles. The predicted octanol–water partition coefficient (Wildman–Crippen LogP) is 1.14. The molecule has 0 atom stereocenters. The van der Waals surface area contributed by atoms with Crippen LogP contribution in [-0.2, 0) is 0 Å². The van der Waals surface area contributed by atoms with E-state index in [0.717, 1.165) is 0 Å². The largest absolute Gasteiger partial charge is 0.271 e. The van der Waals surface area contributed by atoms with Crippen LogP contribution in [0.15, 0.2) is 4.99 Å². The lowest BCUT2D eigenvalue weighted by molar-refractivity contribution is 1.48. The summed E-state index contributed by atoms with van der Waals surface area (Å²) in [6.07, 6.45) is 0. The minimum Gasteiger partial charge on any atom is -0.271 e. The van der Waals surface area contributed by atoms with E-state index in [1.165, 1.54) is 0 Å². The highest BCUT2D eigenvalue weighted by atomic mass is 35.5. The van der Waals surface area contributed by atoms with Crippen molar-refractivity contribution in [3.8, 4) is 0 Å². The molecule has 5 heavy (non-hydrogen) atoms. The number of halogens is 1. The number of nitrogens with zero attached hydrogens (tertiary/aromatic N) is 1. The van der Waals surface area contributed by atoms with Crippen LogP contribution in [-0.4, -0.2) is 11.6 Å². The Balaban J connectivity index is 3.14. The van der Waals surface area contributed by atoms with Crippen LogP contribution in [0.4, 0.5) is 0 Å². The standard InChI is InChI=1S/C2H4ClNS/c1-4-2(3)5/h1H3,(H,4,5). The van der Waals surface area contributed by atoms with E-state index < -0.39 is 0 Å². The summed E-state index contributed by atoms with van der Waals surface area (Å²) in [6.45, 7) is 0. The topological polar surface area (TPSA) is 12.4 Å². The first-order valence-corrected chi connectivity index (χ1v) is 1.91. The molecule has 0 aliphatic rings. The number of thiol groups is 1. The van der Waals surface area contributed by atoms with E-state index in [9.17, 15) is 0 Å². The summed E-state index contributed by atoms with van der Waals surface area (Å²) in [6, 6.07) is 0. The maximum absolute atomic E-state index is 5.08. The minimum atomic E-state index is 0.296. The van der Waals surface area contributed by atoms with Gasteiger partial charge in [0.2, 0.25) is 0 Å². The fraction of sp³-hybridized carbons (Fsp3) is 0.500. The SMILES string of the molecule is C/N=C(\S)Cl. The van der Waals surface area contributed by atoms with Crippen LogP contribution in [0, 0.1) is 0 Å². The van der Waals surface area contributed by atoms with Crippen LogP contribution in [0.5, 0.6) is 0 Å². The molecule has 0 saturated heterocycles. The van der Waals surface area contributed by atoms with Crippen LogP contribution in [0.3, 0.4) is 0 Å². The Morgan fingerprint density at radius 2 is 2.20 bits per heavy atom. The highest BCUT2D eigenvalue weighted by Gasteiger charge is 1.67. The molecule has 0 N–H and O–H groups in total. The molecule has 3 heteroatoms. The molecule has 0 radical (unpaired) electrons. The summed E-state index contributed by atoms with van der Waals surface area (Å²) in [5.41, 5.74) is 0. The van der Waals surface area contributed by atoms with Crippen LogP contribution < -0.4 is 0 Å². The van der Waals surface area contributed by atoms with Gasteiger partial charge in [0.05, 0.1) is 0 Å². The van der Waals surface area contributed by atoms with E-state index in [4.69, 9.17) is 11.6 Å². The first-order valence-electron chi connectivity index (χ1n) is 1.08. The first-order chi connectivity index (χ1) is 2.27. The van der Waals surface area contributed by atoms with Gasteiger partial charge in [-0.25, -0.2) is 0 Å². The number of rotatable bonds is 0. The number of hydrogen-bond donors (Lipinski definition) is 1. The molecule has 1 nitrogen and oxygen atoms in total. The van der Waals surface area contributed by atoms with Gasteiger partial charge in [-0.2, -0.15) is 0 Å². The fourth-order valence-electron chi connectivity index (χ4n) is 0. The molecular weight excluding hydrogens is 106 g/mol. The molecule has 0 saturated carbocycles. The van der Waals surface area contributed by atoms with E-state index in [-0.39, 0.29) is 0 Å². The van der Waals surface area contributed by atoms with Gasteiger partial charge in [0.1, 0.15) is 0 Å². The van der Waals surface area contributed by atoms with Crippen LogP contribution in [0.1, 0.15) is 0 Å². The molecule has 0 aromatic carbocycles. The summed E-state index contributed by atoms with van der Waals surface area (Å²) in [4.78, 5) is 3.44. The lowest BCUT2D eigenvalue weighted by atomic mass is 11.4. The van der Waals surface area contributed by atoms with Crippen LogP contribution in [0.25, 0.3) is 0 Å². The second-order valence-electron chi connectivity index (χ2n) is 0.493. The third-order valence-electron chi connectivity index (χ3n) is 0.185. The van der Waals surface area contributed by atoms with Crippen molar-refractivity contribution >= 4 is 28.7 Å². The van der Waals surface area contributed by atoms with Gasteiger partial charge in [-0.1, -0.05) is 11.6 Å². The Bertz CT molecular complexity index is 47.6. The summed E-state index contributed by atoms with van der Waals surface area (Å²) in [7, 11) is 1.58. The Kier molecular flexibility index (Phi) is 2.70. The van der Waals surface area contributed by atoms with E-state index in [0.29, 0.717) is 4.50 Å². The van der Waals surface area contributed by atoms with Crippen molar-refractivity contribution < 1.29 is 0 Å². The number of aliphatic imine (C=N–C) groups is 1. The van der Waals surface area contributed by atoms with Gasteiger partial charge < -0.3 is 0 Å². The predicted molar refractivity (Wildman–Crippen MR) is 28.2 cm³/mol. The molecule has 0 aliphatic heterocycles. The average Bonchev–Trinajstić information content (AvgIpc) is 1.38. The lowest BCUT2D eigenvalue weighted by Gasteiger charge is -1.69. The summed E-state index contributed by atoms with van der Waals surface area (Å²) in [5, 5.41) is 0. The molecule has 0 fully saturated rings.